The SMILES string of the molecule is O=C1N[C@H](C(=O)NCCC2CCC(CCCO[N+](=O)[O-])CC2)CS1. The molecule has 2 rings (SSSR count). The summed E-state index contributed by atoms with van der Waals surface area (Å²) >= 11 is 1.15. The minimum Gasteiger partial charge on any atom is -0.354 e. The first-order valence-electron chi connectivity index (χ1n) is 8.53. The lowest BCUT2D eigenvalue weighted by atomic mass is 9.79. The lowest BCUT2D eigenvalue weighted by Crippen LogP contribution is -2.43. The molecule has 1 aliphatic heterocycles. The fourth-order valence-corrected chi connectivity index (χ4v) is 4.15. The lowest BCUT2D eigenvalue weighted by molar-refractivity contribution is -0.757. The van der Waals surface area contributed by atoms with E-state index in [4.69, 9.17) is 0 Å². The highest BCUT2D eigenvalue weighted by atomic mass is 32.2. The van der Waals surface area contributed by atoms with Crippen molar-refractivity contribution in [3.05, 3.63) is 10.1 Å². The second-order valence-electron chi connectivity index (χ2n) is 6.46. The standard InChI is InChI=1S/C15H25N3O5S/c19-14(13-10-24-15(20)17-13)16-8-7-12-5-3-11(4-6-12)2-1-9-23-18(21)22/h11-13H,1-10H2,(H,16,19)(H,17,20)/t11?,12?,13-/m0/s1. The van der Waals surface area contributed by atoms with Gasteiger partial charge in [0.2, 0.25) is 5.91 Å². The molecular formula is C15H25N3O5S. The van der Waals surface area contributed by atoms with Crippen LogP contribution in [0, 0.1) is 22.0 Å². The van der Waals surface area contributed by atoms with E-state index in [1.165, 1.54) is 0 Å². The molecule has 2 fully saturated rings. The lowest BCUT2D eigenvalue weighted by Gasteiger charge is -2.28. The molecular weight excluding hydrogens is 334 g/mol. The largest absolute Gasteiger partial charge is 0.354 e. The smallest absolute Gasteiger partial charge is 0.294 e. The number of hydrogen-bond donors (Lipinski definition) is 2. The predicted octanol–water partition coefficient (Wildman–Crippen LogP) is 2.11. The molecule has 0 aromatic carbocycles. The Kier molecular flexibility index (Phi) is 7.61. The zero-order chi connectivity index (χ0) is 17.4. The second kappa shape index (κ2) is 9.71. The van der Waals surface area contributed by atoms with Gasteiger partial charge in [-0.3, -0.25) is 9.59 Å². The zero-order valence-corrected chi connectivity index (χ0v) is 14.5. The Bertz CT molecular complexity index is 454. The van der Waals surface area contributed by atoms with Gasteiger partial charge in [-0.1, -0.05) is 37.4 Å². The highest BCUT2D eigenvalue weighted by Crippen LogP contribution is 2.33. The molecule has 8 nitrogen and oxygen atoms in total. The third-order valence-electron chi connectivity index (χ3n) is 4.76. The van der Waals surface area contributed by atoms with Gasteiger partial charge in [-0.25, -0.2) is 0 Å². The summed E-state index contributed by atoms with van der Waals surface area (Å²) in [6.07, 6.45) is 7.27. The molecule has 0 aromatic heterocycles. The number of carbonyl (C=O) groups excluding carboxylic acids is 2. The van der Waals surface area contributed by atoms with E-state index in [1.807, 2.05) is 0 Å². The summed E-state index contributed by atoms with van der Waals surface area (Å²) in [5, 5.41) is 14.8. The van der Waals surface area contributed by atoms with Crippen LogP contribution in [0.3, 0.4) is 0 Å². The van der Waals surface area contributed by atoms with Crippen LogP contribution in [0.1, 0.15) is 44.9 Å². The summed E-state index contributed by atoms with van der Waals surface area (Å²) in [6, 6.07) is -0.389. The number of nitrogens with zero attached hydrogens (tertiary/aromatic N) is 1. The van der Waals surface area contributed by atoms with Crippen molar-refractivity contribution in [3.63, 3.8) is 0 Å². The van der Waals surface area contributed by atoms with E-state index < -0.39 is 5.09 Å². The van der Waals surface area contributed by atoms with Crippen molar-refractivity contribution < 1.29 is 19.5 Å². The maximum Gasteiger partial charge on any atom is 0.294 e. The molecule has 0 spiro atoms. The van der Waals surface area contributed by atoms with E-state index in [0.717, 1.165) is 56.7 Å². The number of hydrogen-bond acceptors (Lipinski definition) is 6. The molecule has 0 aromatic rings. The second-order valence-corrected chi connectivity index (χ2v) is 7.45. The summed E-state index contributed by atoms with van der Waals surface area (Å²) in [5.74, 6) is 1.68. The molecule has 1 atom stereocenters. The van der Waals surface area contributed by atoms with Gasteiger partial charge in [0, 0.05) is 12.3 Å². The molecule has 2 amide bonds. The Labute approximate surface area is 145 Å². The van der Waals surface area contributed by atoms with E-state index >= 15 is 0 Å². The van der Waals surface area contributed by atoms with Gasteiger partial charge in [0.25, 0.3) is 10.3 Å². The molecule has 1 heterocycles. The average Bonchev–Trinajstić information content (AvgIpc) is 2.99. The first-order chi connectivity index (χ1) is 11.5. The Morgan fingerprint density at radius 1 is 1.29 bits per heavy atom. The molecule has 0 radical (unpaired) electrons. The van der Waals surface area contributed by atoms with Gasteiger partial charge in [0.1, 0.15) is 6.04 Å². The molecule has 0 unspecified atom stereocenters. The molecule has 1 saturated heterocycles. The Hall–Kier alpha value is -1.51. The minimum absolute atomic E-state index is 0.0900. The van der Waals surface area contributed by atoms with Crippen LogP contribution in [0.2, 0.25) is 0 Å². The normalized spacial score (nSPS) is 26.7. The van der Waals surface area contributed by atoms with Gasteiger partial charge in [-0.2, -0.15) is 0 Å². The minimum atomic E-state index is -0.735. The van der Waals surface area contributed by atoms with E-state index in [9.17, 15) is 19.7 Å². The molecule has 1 saturated carbocycles. The number of rotatable bonds is 9. The van der Waals surface area contributed by atoms with E-state index in [2.05, 4.69) is 15.5 Å². The van der Waals surface area contributed by atoms with E-state index in [-0.39, 0.29) is 23.8 Å². The van der Waals surface area contributed by atoms with Crippen LogP contribution in [0.25, 0.3) is 0 Å². The molecule has 24 heavy (non-hydrogen) atoms. The van der Waals surface area contributed by atoms with Crippen LogP contribution in [0.4, 0.5) is 4.79 Å². The predicted molar refractivity (Wildman–Crippen MR) is 90.0 cm³/mol. The zero-order valence-electron chi connectivity index (χ0n) is 13.7. The van der Waals surface area contributed by atoms with Crippen molar-refractivity contribution >= 4 is 22.9 Å². The summed E-state index contributed by atoms with van der Waals surface area (Å²) in [6.45, 7) is 0.844. The molecule has 9 heteroatoms. The van der Waals surface area contributed by atoms with Gasteiger partial charge in [-0.05, 0) is 31.1 Å². The Balaban J connectivity index is 1.51. The average molecular weight is 359 g/mol. The van der Waals surface area contributed by atoms with E-state index in [1.54, 1.807) is 0 Å². The van der Waals surface area contributed by atoms with Crippen LogP contribution in [-0.4, -0.2) is 41.2 Å². The van der Waals surface area contributed by atoms with Crippen molar-refractivity contribution in [1.29, 1.82) is 0 Å². The van der Waals surface area contributed by atoms with Crippen LogP contribution in [0.5, 0.6) is 0 Å². The van der Waals surface area contributed by atoms with Gasteiger partial charge in [0.15, 0.2) is 0 Å². The third kappa shape index (κ3) is 6.54. The van der Waals surface area contributed by atoms with E-state index in [0.29, 0.717) is 24.1 Å². The summed E-state index contributed by atoms with van der Waals surface area (Å²) in [4.78, 5) is 37.4. The third-order valence-corrected chi connectivity index (χ3v) is 5.64. The summed E-state index contributed by atoms with van der Waals surface area (Å²) in [7, 11) is 0. The quantitative estimate of drug-likeness (QED) is 0.371. The van der Waals surface area contributed by atoms with Crippen LogP contribution in [0.15, 0.2) is 0 Å². The van der Waals surface area contributed by atoms with Gasteiger partial charge in [0.05, 0.1) is 6.61 Å². The van der Waals surface area contributed by atoms with Crippen molar-refractivity contribution in [3.8, 4) is 0 Å². The fourth-order valence-electron chi connectivity index (χ4n) is 3.37. The Morgan fingerprint density at radius 3 is 2.54 bits per heavy atom. The number of thioether (sulfide) groups is 1. The van der Waals surface area contributed by atoms with Crippen LogP contribution >= 0.6 is 11.8 Å². The van der Waals surface area contributed by atoms with Crippen molar-refractivity contribution in [1.82, 2.24) is 10.6 Å². The molecule has 1 aliphatic carbocycles. The van der Waals surface area contributed by atoms with Gasteiger partial charge >= 0.3 is 0 Å². The first kappa shape index (κ1) is 18.8. The van der Waals surface area contributed by atoms with Crippen molar-refractivity contribution in [2.45, 2.75) is 51.0 Å². The molecule has 136 valence electrons. The molecule has 2 N–H and O–H groups in total. The highest BCUT2D eigenvalue weighted by molar-refractivity contribution is 8.14. The number of nitrogens with one attached hydrogen (secondary N) is 2. The number of amides is 2. The van der Waals surface area contributed by atoms with Crippen LogP contribution < -0.4 is 10.6 Å². The Morgan fingerprint density at radius 2 is 1.96 bits per heavy atom. The number of carbonyl (C=O) groups is 2. The molecule has 2 aliphatic rings. The van der Waals surface area contributed by atoms with Gasteiger partial charge < -0.3 is 15.5 Å². The highest BCUT2D eigenvalue weighted by Gasteiger charge is 2.28. The van der Waals surface area contributed by atoms with Crippen molar-refractivity contribution in [2.24, 2.45) is 11.8 Å². The van der Waals surface area contributed by atoms with Gasteiger partial charge in [-0.15, -0.1) is 10.1 Å². The summed E-state index contributed by atoms with van der Waals surface area (Å²) < 4.78 is 0. The topological polar surface area (TPSA) is 111 Å². The first-order valence-corrected chi connectivity index (χ1v) is 9.51. The van der Waals surface area contributed by atoms with Crippen molar-refractivity contribution in [2.75, 3.05) is 18.9 Å². The maximum absolute atomic E-state index is 11.9. The maximum atomic E-state index is 11.9. The van der Waals surface area contributed by atoms with Crippen LogP contribution in [-0.2, 0) is 9.63 Å². The fraction of sp³-hybridized carbons (Fsp3) is 0.867. The summed E-state index contributed by atoms with van der Waals surface area (Å²) in [5.41, 5.74) is 0. The molecule has 0 bridgehead atoms. The monoisotopic (exact) mass is 359 g/mol.